The highest BCUT2D eigenvalue weighted by Gasteiger charge is 2.46. The van der Waals surface area contributed by atoms with Crippen LogP contribution in [0.2, 0.25) is 0 Å². The molecule has 0 aromatic heterocycles. The topological polar surface area (TPSA) is 21.3 Å². The Morgan fingerprint density at radius 3 is 2.56 bits per heavy atom. The van der Waals surface area contributed by atoms with Crippen molar-refractivity contribution in [2.45, 2.75) is 77.5 Å². The second kappa shape index (κ2) is 4.30. The van der Waals surface area contributed by atoms with Gasteiger partial charge in [0.05, 0.1) is 12.7 Å². The zero-order valence-corrected chi connectivity index (χ0v) is 11.3. The van der Waals surface area contributed by atoms with Crippen LogP contribution in [0.4, 0.5) is 0 Å². The average Bonchev–Trinajstić information content (AvgIpc) is 2.28. The van der Waals surface area contributed by atoms with E-state index in [0.29, 0.717) is 17.6 Å². The molecule has 1 heterocycles. The normalized spacial score (nSPS) is 36.8. The predicted molar refractivity (Wildman–Crippen MR) is 67.6 cm³/mol. The van der Waals surface area contributed by atoms with Gasteiger partial charge in [-0.2, -0.15) is 0 Å². The van der Waals surface area contributed by atoms with E-state index in [1.54, 1.807) is 0 Å². The number of morpholine rings is 1. The summed E-state index contributed by atoms with van der Waals surface area (Å²) in [5, 5.41) is 3.90. The average molecular weight is 225 g/mol. The van der Waals surface area contributed by atoms with E-state index in [1.165, 1.54) is 32.1 Å². The molecule has 2 unspecified atom stereocenters. The fourth-order valence-corrected chi connectivity index (χ4v) is 3.45. The third-order valence-electron chi connectivity index (χ3n) is 4.86. The molecule has 16 heavy (non-hydrogen) atoms. The summed E-state index contributed by atoms with van der Waals surface area (Å²) in [6, 6.07) is 0.581. The summed E-state index contributed by atoms with van der Waals surface area (Å²) in [7, 11) is 0. The molecule has 94 valence electrons. The van der Waals surface area contributed by atoms with Crippen LogP contribution >= 0.6 is 0 Å². The van der Waals surface area contributed by atoms with Crippen LogP contribution in [0.15, 0.2) is 0 Å². The molecule has 1 N–H and O–H groups in total. The van der Waals surface area contributed by atoms with Crippen LogP contribution in [0.5, 0.6) is 0 Å². The van der Waals surface area contributed by atoms with Crippen molar-refractivity contribution in [3.05, 3.63) is 0 Å². The molecule has 1 aliphatic heterocycles. The molecule has 0 bridgehead atoms. The first-order valence-corrected chi connectivity index (χ1v) is 6.92. The van der Waals surface area contributed by atoms with Gasteiger partial charge in [-0.3, -0.25) is 0 Å². The lowest BCUT2D eigenvalue weighted by Crippen LogP contribution is -2.66. The van der Waals surface area contributed by atoms with E-state index in [0.717, 1.165) is 6.61 Å². The molecule has 0 radical (unpaired) electrons. The van der Waals surface area contributed by atoms with Gasteiger partial charge in [0.2, 0.25) is 0 Å². The van der Waals surface area contributed by atoms with Crippen LogP contribution < -0.4 is 5.32 Å². The lowest BCUT2D eigenvalue weighted by molar-refractivity contribution is -0.132. The maximum atomic E-state index is 6.23. The molecule has 1 saturated heterocycles. The molecule has 0 aromatic rings. The summed E-state index contributed by atoms with van der Waals surface area (Å²) < 4.78 is 6.23. The molecule has 2 nitrogen and oxygen atoms in total. The number of hydrogen-bond acceptors (Lipinski definition) is 2. The molecule has 2 aliphatic rings. The molecule has 1 aliphatic carbocycles. The first-order valence-electron chi connectivity index (χ1n) is 6.92. The van der Waals surface area contributed by atoms with Crippen molar-refractivity contribution in [3.63, 3.8) is 0 Å². The molecule has 0 aromatic carbocycles. The lowest BCUT2D eigenvalue weighted by atomic mass is 9.70. The van der Waals surface area contributed by atoms with E-state index >= 15 is 0 Å². The van der Waals surface area contributed by atoms with Gasteiger partial charge in [-0.15, -0.1) is 0 Å². The quantitative estimate of drug-likeness (QED) is 0.779. The number of rotatable bonds is 2. The highest BCUT2D eigenvalue weighted by molar-refractivity contribution is 5.02. The van der Waals surface area contributed by atoms with Crippen LogP contribution in [0.3, 0.4) is 0 Å². The van der Waals surface area contributed by atoms with E-state index in [-0.39, 0.29) is 5.54 Å². The van der Waals surface area contributed by atoms with E-state index in [1.807, 2.05) is 0 Å². The third kappa shape index (κ3) is 2.02. The van der Waals surface area contributed by atoms with Gasteiger partial charge in [0.15, 0.2) is 0 Å². The first-order chi connectivity index (χ1) is 7.53. The fraction of sp³-hybridized carbons (Fsp3) is 1.00. The Hall–Kier alpha value is -0.0800. The van der Waals surface area contributed by atoms with Gasteiger partial charge >= 0.3 is 0 Å². The van der Waals surface area contributed by atoms with Crippen molar-refractivity contribution in [1.29, 1.82) is 0 Å². The molecule has 2 heteroatoms. The van der Waals surface area contributed by atoms with Gasteiger partial charge < -0.3 is 10.1 Å². The van der Waals surface area contributed by atoms with Crippen molar-refractivity contribution < 1.29 is 4.74 Å². The van der Waals surface area contributed by atoms with E-state index in [2.05, 4.69) is 33.0 Å². The molecule has 2 atom stereocenters. The SMILES string of the molecule is CCC1(CC)COC2C(CCCC2(C)C)N1. The first kappa shape index (κ1) is 12.4. The molecule has 0 spiro atoms. The second-order valence-electron chi connectivity index (χ2n) is 6.35. The van der Waals surface area contributed by atoms with Gasteiger partial charge in [-0.25, -0.2) is 0 Å². The molecule has 1 saturated carbocycles. The Balaban J connectivity index is 2.11. The second-order valence-corrected chi connectivity index (χ2v) is 6.35. The maximum Gasteiger partial charge on any atom is 0.0779 e. The molecule has 2 rings (SSSR count). The Morgan fingerprint density at radius 1 is 1.25 bits per heavy atom. The zero-order valence-electron chi connectivity index (χ0n) is 11.3. The highest BCUT2D eigenvalue weighted by Crippen LogP contribution is 2.41. The summed E-state index contributed by atoms with van der Waals surface area (Å²) in [6.45, 7) is 10.2. The Morgan fingerprint density at radius 2 is 1.94 bits per heavy atom. The Bertz CT molecular complexity index is 245. The number of fused-ring (bicyclic) bond motifs is 1. The predicted octanol–water partition coefficient (Wildman–Crippen LogP) is 3.11. The summed E-state index contributed by atoms with van der Waals surface area (Å²) in [5.41, 5.74) is 0.595. The number of ether oxygens (including phenoxy) is 1. The van der Waals surface area contributed by atoms with Crippen molar-refractivity contribution in [2.24, 2.45) is 5.41 Å². The van der Waals surface area contributed by atoms with Crippen LogP contribution in [0.25, 0.3) is 0 Å². The van der Waals surface area contributed by atoms with Crippen molar-refractivity contribution >= 4 is 0 Å². The van der Waals surface area contributed by atoms with E-state index in [9.17, 15) is 0 Å². The monoisotopic (exact) mass is 225 g/mol. The fourth-order valence-electron chi connectivity index (χ4n) is 3.45. The maximum absolute atomic E-state index is 6.23. The van der Waals surface area contributed by atoms with Gasteiger partial charge in [0, 0.05) is 11.6 Å². The van der Waals surface area contributed by atoms with Crippen LogP contribution in [0.1, 0.15) is 59.8 Å². The number of nitrogens with one attached hydrogen (secondary N) is 1. The zero-order chi connectivity index (χ0) is 11.8. The van der Waals surface area contributed by atoms with Gasteiger partial charge in [0.25, 0.3) is 0 Å². The summed E-state index contributed by atoms with van der Waals surface area (Å²) in [4.78, 5) is 0. The van der Waals surface area contributed by atoms with Gasteiger partial charge in [0.1, 0.15) is 0 Å². The molecule has 2 fully saturated rings. The third-order valence-corrected chi connectivity index (χ3v) is 4.86. The van der Waals surface area contributed by atoms with E-state index in [4.69, 9.17) is 4.74 Å². The lowest BCUT2D eigenvalue weighted by Gasteiger charge is -2.52. The van der Waals surface area contributed by atoms with E-state index < -0.39 is 0 Å². The highest BCUT2D eigenvalue weighted by atomic mass is 16.5. The largest absolute Gasteiger partial charge is 0.374 e. The van der Waals surface area contributed by atoms with Crippen molar-refractivity contribution in [1.82, 2.24) is 5.32 Å². The van der Waals surface area contributed by atoms with Crippen LogP contribution in [0, 0.1) is 5.41 Å². The molecular formula is C14H27NO. The summed E-state index contributed by atoms with van der Waals surface area (Å²) in [5.74, 6) is 0. The van der Waals surface area contributed by atoms with Crippen LogP contribution in [-0.2, 0) is 4.74 Å². The smallest absolute Gasteiger partial charge is 0.0779 e. The summed E-state index contributed by atoms with van der Waals surface area (Å²) >= 11 is 0. The molecular weight excluding hydrogens is 198 g/mol. The minimum Gasteiger partial charge on any atom is -0.374 e. The van der Waals surface area contributed by atoms with Crippen molar-refractivity contribution in [2.75, 3.05) is 6.61 Å². The van der Waals surface area contributed by atoms with Gasteiger partial charge in [-0.1, -0.05) is 34.1 Å². The summed E-state index contributed by atoms with van der Waals surface area (Å²) in [6.07, 6.45) is 6.71. The number of hydrogen-bond donors (Lipinski definition) is 1. The minimum atomic E-state index is 0.245. The standard InChI is InChI=1S/C14H27NO/c1-5-14(6-2)10-16-12-11(15-14)8-7-9-13(12,3)4/h11-12,15H,5-10H2,1-4H3. The minimum absolute atomic E-state index is 0.245. The Kier molecular flexibility index (Phi) is 3.33. The Labute approximate surface area is 100 Å². The molecule has 0 amide bonds. The van der Waals surface area contributed by atoms with Gasteiger partial charge in [-0.05, 0) is 31.1 Å². The van der Waals surface area contributed by atoms with Crippen molar-refractivity contribution in [3.8, 4) is 0 Å². The van der Waals surface area contributed by atoms with Crippen LogP contribution in [-0.4, -0.2) is 24.3 Å².